The van der Waals surface area contributed by atoms with Gasteiger partial charge in [-0.25, -0.2) is 14.5 Å². The number of carbonyl (C=O) groups is 3. The van der Waals surface area contributed by atoms with E-state index in [1.807, 2.05) is 0 Å². The average molecular weight is 431 g/mol. The number of hydrogen-bond donors (Lipinski definition) is 1. The number of aromatic carboxylic acids is 1. The van der Waals surface area contributed by atoms with Crippen LogP contribution >= 0.6 is 0 Å². The van der Waals surface area contributed by atoms with E-state index in [-0.39, 0.29) is 17.8 Å². The molecule has 0 aromatic heterocycles. The van der Waals surface area contributed by atoms with Gasteiger partial charge in [0, 0.05) is 6.54 Å². The number of rotatable bonds is 4. The summed E-state index contributed by atoms with van der Waals surface area (Å²) >= 11 is 0. The van der Waals surface area contributed by atoms with Crippen molar-refractivity contribution >= 4 is 23.6 Å². The Hall–Kier alpha value is -3.87. The third-order valence-corrected chi connectivity index (χ3v) is 5.03. The largest absolute Gasteiger partial charge is 0.478 e. The van der Waals surface area contributed by atoms with Gasteiger partial charge in [-0.05, 0) is 49.7 Å². The second-order valence-electron chi connectivity index (χ2n) is 7.41. The highest BCUT2D eigenvalue weighted by atomic mass is 19.4. The molecule has 1 aliphatic rings. The Morgan fingerprint density at radius 3 is 2.42 bits per heavy atom. The van der Waals surface area contributed by atoms with E-state index >= 15 is 0 Å². The maximum atomic E-state index is 13.3. The molecular formula is C21H16F3N3O4. The second-order valence-corrected chi connectivity index (χ2v) is 7.41. The molecule has 0 saturated carbocycles. The van der Waals surface area contributed by atoms with Gasteiger partial charge in [-0.15, -0.1) is 0 Å². The van der Waals surface area contributed by atoms with Crippen LogP contribution in [0.1, 0.15) is 40.9 Å². The summed E-state index contributed by atoms with van der Waals surface area (Å²) in [5, 5.41) is 18.1. The fourth-order valence-electron chi connectivity index (χ4n) is 3.32. The normalized spacial score (nSPS) is 15.9. The van der Waals surface area contributed by atoms with Crippen LogP contribution in [-0.4, -0.2) is 33.5 Å². The second kappa shape index (κ2) is 7.43. The zero-order valence-corrected chi connectivity index (χ0v) is 16.4. The molecule has 2 aromatic carbocycles. The number of carboxylic acid groups (broad SMARTS) is 1. The van der Waals surface area contributed by atoms with Crippen LogP contribution < -0.4 is 4.90 Å². The first kappa shape index (κ1) is 21.8. The monoisotopic (exact) mass is 431 g/mol. The molecule has 0 bridgehead atoms. The Morgan fingerprint density at radius 2 is 1.84 bits per heavy atom. The number of urea groups is 1. The molecule has 1 heterocycles. The first-order valence-corrected chi connectivity index (χ1v) is 8.97. The highest BCUT2D eigenvalue weighted by molar-refractivity contribution is 6.23. The number of anilines is 1. The van der Waals surface area contributed by atoms with Gasteiger partial charge < -0.3 is 10.0 Å². The number of amides is 3. The molecule has 1 saturated heterocycles. The Morgan fingerprint density at radius 1 is 1.16 bits per heavy atom. The van der Waals surface area contributed by atoms with Crippen LogP contribution in [0.5, 0.6) is 0 Å². The first-order valence-electron chi connectivity index (χ1n) is 8.97. The molecule has 0 aliphatic carbocycles. The molecule has 7 nitrogen and oxygen atoms in total. The third-order valence-electron chi connectivity index (χ3n) is 5.03. The standard InChI is InChI=1S/C21H16F3N3O4/c1-20(2)18(30)27(15-7-6-14(10-25)16(9-15)21(22,23)24)19(31)26(20)11-12-4-3-5-13(8-12)17(28)29/h3-9H,11H2,1-2H3,(H,28,29). The Balaban J connectivity index is 2.01. The lowest BCUT2D eigenvalue weighted by Crippen LogP contribution is -2.43. The SMILES string of the molecule is CC1(C)C(=O)N(c2ccc(C#N)c(C(F)(F)F)c2)C(=O)N1Cc1cccc(C(=O)O)c1. The molecule has 1 N–H and O–H groups in total. The highest BCUT2D eigenvalue weighted by Crippen LogP contribution is 2.38. The maximum Gasteiger partial charge on any atom is 0.417 e. The smallest absolute Gasteiger partial charge is 0.417 e. The van der Waals surface area contributed by atoms with Crippen molar-refractivity contribution < 1.29 is 32.7 Å². The summed E-state index contributed by atoms with van der Waals surface area (Å²) < 4.78 is 40.0. The van der Waals surface area contributed by atoms with Gasteiger partial charge in [-0.3, -0.25) is 4.79 Å². The van der Waals surface area contributed by atoms with Gasteiger partial charge in [0.2, 0.25) is 0 Å². The predicted octanol–water partition coefficient (Wildman–Crippen LogP) is 4.02. The van der Waals surface area contributed by atoms with E-state index in [0.29, 0.717) is 16.5 Å². The van der Waals surface area contributed by atoms with Gasteiger partial charge in [0.15, 0.2) is 0 Å². The van der Waals surface area contributed by atoms with Crippen molar-refractivity contribution in [2.45, 2.75) is 32.1 Å². The molecule has 160 valence electrons. The molecule has 31 heavy (non-hydrogen) atoms. The fraction of sp³-hybridized carbons (Fsp3) is 0.238. The van der Waals surface area contributed by atoms with Crippen LogP contribution in [0.25, 0.3) is 0 Å². The number of hydrogen-bond acceptors (Lipinski definition) is 4. The molecule has 0 radical (unpaired) electrons. The van der Waals surface area contributed by atoms with Crippen LogP contribution in [0.2, 0.25) is 0 Å². The van der Waals surface area contributed by atoms with Gasteiger partial charge in [0.25, 0.3) is 5.91 Å². The fourth-order valence-corrected chi connectivity index (χ4v) is 3.32. The lowest BCUT2D eigenvalue weighted by molar-refractivity contribution is -0.137. The average Bonchev–Trinajstić information content (AvgIpc) is 2.86. The van der Waals surface area contributed by atoms with E-state index in [9.17, 15) is 27.6 Å². The van der Waals surface area contributed by atoms with E-state index in [4.69, 9.17) is 10.4 Å². The summed E-state index contributed by atoms with van der Waals surface area (Å²) in [5.74, 6) is -1.91. The van der Waals surface area contributed by atoms with Gasteiger partial charge >= 0.3 is 18.2 Å². The number of halogens is 3. The number of imide groups is 1. The Labute approximate surface area is 174 Å². The molecule has 2 aromatic rings. The van der Waals surface area contributed by atoms with Crippen molar-refractivity contribution in [2.75, 3.05) is 4.90 Å². The number of benzene rings is 2. The minimum atomic E-state index is -4.85. The van der Waals surface area contributed by atoms with Crippen LogP contribution in [0.4, 0.5) is 23.7 Å². The van der Waals surface area contributed by atoms with Crippen LogP contribution in [0.15, 0.2) is 42.5 Å². The topological polar surface area (TPSA) is 102 Å². The zero-order chi connectivity index (χ0) is 23.1. The summed E-state index contributed by atoms with van der Waals surface area (Å²) in [5.41, 5.74) is -3.16. The molecule has 0 unspecified atom stereocenters. The summed E-state index contributed by atoms with van der Waals surface area (Å²) in [6.45, 7) is 2.77. The lowest BCUT2D eigenvalue weighted by Gasteiger charge is -2.27. The van der Waals surface area contributed by atoms with E-state index < -0.39 is 40.7 Å². The van der Waals surface area contributed by atoms with Crippen molar-refractivity contribution in [3.63, 3.8) is 0 Å². The third kappa shape index (κ3) is 3.82. The number of carboxylic acids is 1. The van der Waals surface area contributed by atoms with Crippen LogP contribution in [0.3, 0.4) is 0 Å². The molecular weight excluding hydrogens is 415 g/mol. The van der Waals surface area contributed by atoms with Crippen molar-refractivity contribution in [3.8, 4) is 6.07 Å². The minimum Gasteiger partial charge on any atom is -0.478 e. The van der Waals surface area contributed by atoms with Crippen molar-refractivity contribution in [3.05, 3.63) is 64.7 Å². The Kier molecular flexibility index (Phi) is 5.23. The number of alkyl halides is 3. The molecule has 0 atom stereocenters. The predicted molar refractivity (Wildman–Crippen MR) is 102 cm³/mol. The number of nitriles is 1. The number of carbonyl (C=O) groups excluding carboxylic acids is 2. The molecule has 1 fully saturated rings. The van der Waals surface area contributed by atoms with Crippen molar-refractivity contribution in [2.24, 2.45) is 0 Å². The first-order chi connectivity index (χ1) is 14.4. The summed E-state index contributed by atoms with van der Waals surface area (Å²) in [6, 6.07) is 8.99. The van der Waals surface area contributed by atoms with Crippen LogP contribution in [0, 0.1) is 11.3 Å². The van der Waals surface area contributed by atoms with E-state index in [2.05, 4.69) is 0 Å². The van der Waals surface area contributed by atoms with Gasteiger partial charge in [0.05, 0.1) is 28.4 Å². The van der Waals surface area contributed by atoms with Crippen LogP contribution in [-0.2, 0) is 17.5 Å². The maximum absolute atomic E-state index is 13.3. The quantitative estimate of drug-likeness (QED) is 0.737. The highest BCUT2D eigenvalue weighted by Gasteiger charge is 2.52. The summed E-state index contributed by atoms with van der Waals surface area (Å²) in [7, 11) is 0. The molecule has 10 heteroatoms. The van der Waals surface area contributed by atoms with E-state index in [1.165, 1.54) is 38.1 Å². The van der Waals surface area contributed by atoms with Crippen molar-refractivity contribution in [1.82, 2.24) is 4.90 Å². The molecule has 3 rings (SSSR count). The lowest BCUT2D eigenvalue weighted by atomic mass is 10.0. The molecule has 1 aliphatic heterocycles. The van der Waals surface area contributed by atoms with Gasteiger partial charge in [0.1, 0.15) is 5.54 Å². The number of nitrogens with zero attached hydrogens (tertiary/aromatic N) is 3. The Bertz CT molecular complexity index is 1140. The van der Waals surface area contributed by atoms with Gasteiger partial charge in [-0.2, -0.15) is 18.4 Å². The summed E-state index contributed by atoms with van der Waals surface area (Å²) in [6.07, 6.45) is -4.85. The van der Waals surface area contributed by atoms with E-state index in [0.717, 1.165) is 17.0 Å². The van der Waals surface area contributed by atoms with E-state index in [1.54, 1.807) is 6.07 Å². The molecule has 3 amide bonds. The minimum absolute atomic E-state index is 0.00736. The summed E-state index contributed by atoms with van der Waals surface area (Å²) in [4.78, 5) is 39.0. The molecule has 0 spiro atoms. The zero-order valence-electron chi connectivity index (χ0n) is 16.4. The van der Waals surface area contributed by atoms with Crippen molar-refractivity contribution in [1.29, 1.82) is 5.26 Å². The van der Waals surface area contributed by atoms with Gasteiger partial charge in [-0.1, -0.05) is 12.1 Å².